The molecule has 4 heteroatoms. The molecular formula is C73H46N4. The Morgan fingerprint density at radius 1 is 0.221 bits per heavy atom. The highest BCUT2D eigenvalue weighted by Crippen LogP contribution is 2.57. The van der Waals surface area contributed by atoms with Gasteiger partial charge in [0.2, 0.25) is 0 Å². The topological polar surface area (TPSA) is 51.6 Å². The maximum Gasteiger partial charge on any atom is 0.0978 e. The molecule has 14 aromatic rings. The first-order valence-corrected chi connectivity index (χ1v) is 26.3. The number of nitrogens with zero attached hydrogens (tertiary/aromatic N) is 4. The predicted molar refractivity (Wildman–Crippen MR) is 318 cm³/mol. The van der Waals surface area contributed by atoms with Crippen LogP contribution in [0, 0.1) is 0 Å². The van der Waals surface area contributed by atoms with Gasteiger partial charge >= 0.3 is 0 Å². The van der Waals surface area contributed by atoms with Crippen LogP contribution < -0.4 is 0 Å². The summed E-state index contributed by atoms with van der Waals surface area (Å²) >= 11 is 0. The summed E-state index contributed by atoms with van der Waals surface area (Å²) in [5.41, 5.74) is 22.4. The minimum Gasteiger partial charge on any atom is -0.245 e. The summed E-state index contributed by atoms with van der Waals surface area (Å²) in [5.74, 6) is 0. The van der Waals surface area contributed by atoms with E-state index in [4.69, 9.17) is 19.9 Å². The summed E-state index contributed by atoms with van der Waals surface area (Å²) in [6.45, 7) is 0. The zero-order chi connectivity index (χ0) is 50.9. The van der Waals surface area contributed by atoms with E-state index < -0.39 is 5.41 Å². The van der Waals surface area contributed by atoms with Crippen LogP contribution in [0.25, 0.3) is 122 Å². The molecule has 0 aliphatic heterocycles. The fraction of sp³-hybridized carbons (Fsp3) is 0.0137. The van der Waals surface area contributed by atoms with E-state index in [0.29, 0.717) is 0 Å². The largest absolute Gasteiger partial charge is 0.245 e. The lowest BCUT2D eigenvalue weighted by Crippen LogP contribution is -2.28. The molecule has 0 fully saturated rings. The van der Waals surface area contributed by atoms with Crippen molar-refractivity contribution in [2.24, 2.45) is 0 Å². The summed E-state index contributed by atoms with van der Waals surface area (Å²) < 4.78 is 0. The molecule has 0 saturated heterocycles. The quantitative estimate of drug-likeness (QED) is 0.142. The summed E-state index contributed by atoms with van der Waals surface area (Å²) in [6, 6.07) is 100. The molecular weight excluding hydrogens is 933 g/mol. The highest BCUT2D eigenvalue weighted by molar-refractivity contribution is 6.11. The van der Waals surface area contributed by atoms with E-state index in [9.17, 15) is 0 Å². The molecule has 4 heterocycles. The van der Waals surface area contributed by atoms with Crippen LogP contribution in [-0.4, -0.2) is 19.9 Å². The van der Waals surface area contributed by atoms with E-state index in [-0.39, 0.29) is 0 Å². The maximum absolute atomic E-state index is 5.56. The van der Waals surface area contributed by atoms with Gasteiger partial charge in [0.1, 0.15) is 0 Å². The van der Waals surface area contributed by atoms with E-state index in [0.717, 1.165) is 122 Å². The van der Waals surface area contributed by atoms with Crippen LogP contribution in [0.1, 0.15) is 22.3 Å². The average molecular weight is 979 g/mol. The van der Waals surface area contributed by atoms with Crippen molar-refractivity contribution < 1.29 is 0 Å². The number of benzene rings is 10. The Morgan fingerprint density at radius 2 is 0.571 bits per heavy atom. The molecule has 0 spiro atoms. The van der Waals surface area contributed by atoms with E-state index in [1.54, 1.807) is 0 Å². The monoisotopic (exact) mass is 978 g/mol. The average Bonchev–Trinajstić information content (AvgIpc) is 4.06. The molecule has 4 aromatic heterocycles. The molecule has 10 aromatic carbocycles. The Kier molecular flexibility index (Phi) is 10.4. The number of fused-ring (bicyclic) bond motifs is 9. The Balaban J connectivity index is 0.912. The lowest BCUT2D eigenvalue weighted by atomic mass is 9.67. The summed E-state index contributed by atoms with van der Waals surface area (Å²) in [7, 11) is 0. The minimum atomic E-state index is -0.681. The van der Waals surface area contributed by atoms with Crippen molar-refractivity contribution >= 4 is 43.6 Å². The third kappa shape index (κ3) is 7.29. The van der Waals surface area contributed by atoms with Crippen LogP contribution in [0.3, 0.4) is 0 Å². The van der Waals surface area contributed by atoms with Crippen LogP contribution in [-0.2, 0) is 5.41 Å². The first-order valence-electron chi connectivity index (χ1n) is 26.3. The van der Waals surface area contributed by atoms with E-state index in [2.05, 4.69) is 267 Å². The Labute approximate surface area is 446 Å². The van der Waals surface area contributed by atoms with Crippen molar-refractivity contribution in [1.82, 2.24) is 19.9 Å². The second-order valence-electron chi connectivity index (χ2n) is 20.0. The first kappa shape index (κ1) is 44.3. The maximum atomic E-state index is 5.56. The third-order valence-corrected chi connectivity index (χ3v) is 15.7. The molecule has 4 nitrogen and oxygen atoms in total. The van der Waals surface area contributed by atoms with Crippen LogP contribution in [0.4, 0.5) is 0 Å². The highest BCUT2D eigenvalue weighted by Gasteiger charge is 2.46. The van der Waals surface area contributed by atoms with Gasteiger partial charge in [-0.25, -0.2) is 19.9 Å². The Hall–Kier alpha value is -10.2. The molecule has 0 atom stereocenters. The molecule has 1 aliphatic rings. The molecule has 358 valence electrons. The van der Waals surface area contributed by atoms with Crippen molar-refractivity contribution in [2.45, 2.75) is 5.41 Å². The molecule has 0 saturated carbocycles. The van der Waals surface area contributed by atoms with Crippen molar-refractivity contribution in [2.75, 3.05) is 0 Å². The van der Waals surface area contributed by atoms with Crippen LogP contribution in [0.5, 0.6) is 0 Å². The first-order chi connectivity index (χ1) is 38.2. The predicted octanol–water partition coefficient (Wildman–Crippen LogP) is 18.2. The van der Waals surface area contributed by atoms with Gasteiger partial charge in [0.15, 0.2) is 0 Å². The minimum absolute atomic E-state index is 0.681. The lowest BCUT2D eigenvalue weighted by molar-refractivity contribution is 0.769. The van der Waals surface area contributed by atoms with Crippen LogP contribution >= 0.6 is 0 Å². The SMILES string of the molecule is c1ccc(-c2cc(-c3ccccc3)c3ccc4ccc(-c5cccc(C6(c7cccc(-c8ccc9ccc%10c(-c%11ccccc%11)cc(-c%11ccccc%11)nc%10c9n8)c7)c7ccccc7-c7ccccc76)c5)nc4c3n2)cc1. The standard InChI is InChI=1S/C73H46N4/c1-5-19-47(20-6-1)61-45-67(49-23-9-3-10-24-49)76-71-59(61)39-35-51-37-41-65(74-69(51)71)53-27-17-29-55(43-53)73(63-33-15-13-31-57(63)58-32-14-16-34-64(58)73)56-30-18-28-54(44-56)66-42-38-52-36-40-60-62(48-21-7-2-8-22-48)46-68(50-25-11-4-12-26-50)77-72(60)70(52)75-66/h1-46H. The van der Waals surface area contributed by atoms with E-state index in [1.807, 2.05) is 12.1 Å². The van der Waals surface area contributed by atoms with Gasteiger partial charge in [0.05, 0.1) is 50.3 Å². The van der Waals surface area contributed by atoms with Crippen molar-refractivity contribution in [1.29, 1.82) is 0 Å². The second kappa shape index (κ2) is 18.0. The molecule has 0 unspecified atom stereocenters. The molecule has 0 radical (unpaired) electrons. The van der Waals surface area contributed by atoms with Crippen molar-refractivity contribution in [3.63, 3.8) is 0 Å². The van der Waals surface area contributed by atoms with Gasteiger partial charge in [0.25, 0.3) is 0 Å². The normalized spacial score (nSPS) is 12.5. The molecule has 0 N–H and O–H groups in total. The van der Waals surface area contributed by atoms with Gasteiger partial charge in [0, 0.05) is 43.8 Å². The molecule has 0 amide bonds. The molecule has 0 bridgehead atoms. The lowest BCUT2D eigenvalue weighted by Gasteiger charge is -2.34. The van der Waals surface area contributed by atoms with Gasteiger partial charge in [-0.2, -0.15) is 0 Å². The van der Waals surface area contributed by atoms with Crippen LogP contribution in [0.2, 0.25) is 0 Å². The van der Waals surface area contributed by atoms with Crippen molar-refractivity contribution in [3.8, 4) is 78.4 Å². The number of pyridine rings is 4. The smallest absolute Gasteiger partial charge is 0.0978 e. The Bertz CT molecular complexity index is 4310. The number of hydrogen-bond acceptors (Lipinski definition) is 4. The van der Waals surface area contributed by atoms with Gasteiger partial charge in [-0.05, 0) is 92.0 Å². The zero-order valence-corrected chi connectivity index (χ0v) is 41.8. The van der Waals surface area contributed by atoms with Gasteiger partial charge < -0.3 is 0 Å². The zero-order valence-electron chi connectivity index (χ0n) is 41.8. The van der Waals surface area contributed by atoms with Gasteiger partial charge in [-0.15, -0.1) is 0 Å². The summed E-state index contributed by atoms with van der Waals surface area (Å²) in [5, 5.41) is 4.22. The van der Waals surface area contributed by atoms with E-state index >= 15 is 0 Å². The van der Waals surface area contributed by atoms with Crippen molar-refractivity contribution in [3.05, 3.63) is 301 Å². The highest BCUT2D eigenvalue weighted by atomic mass is 14.8. The third-order valence-electron chi connectivity index (χ3n) is 15.7. The fourth-order valence-electron chi connectivity index (χ4n) is 12.1. The number of rotatable bonds is 8. The number of aromatic nitrogens is 4. The molecule has 1 aliphatic carbocycles. The summed E-state index contributed by atoms with van der Waals surface area (Å²) in [4.78, 5) is 21.9. The fourth-order valence-corrected chi connectivity index (χ4v) is 12.1. The molecule has 15 rings (SSSR count). The van der Waals surface area contributed by atoms with Crippen LogP contribution in [0.15, 0.2) is 279 Å². The molecule has 77 heavy (non-hydrogen) atoms. The summed E-state index contributed by atoms with van der Waals surface area (Å²) in [6.07, 6.45) is 0. The number of hydrogen-bond donors (Lipinski definition) is 0. The second-order valence-corrected chi connectivity index (χ2v) is 20.0. The van der Waals surface area contributed by atoms with Gasteiger partial charge in [-0.1, -0.05) is 243 Å². The van der Waals surface area contributed by atoms with E-state index in [1.165, 1.54) is 22.3 Å². The Morgan fingerprint density at radius 3 is 1.00 bits per heavy atom. The van der Waals surface area contributed by atoms with Gasteiger partial charge in [-0.3, -0.25) is 0 Å².